The molecule has 1 aromatic heterocycles. The topological polar surface area (TPSA) is 80.7 Å². The minimum absolute atomic E-state index is 0.00308. The number of hydrazone groups is 1. The van der Waals surface area contributed by atoms with Crippen molar-refractivity contribution in [3.63, 3.8) is 0 Å². The van der Waals surface area contributed by atoms with E-state index < -0.39 is 4.92 Å². The van der Waals surface area contributed by atoms with Gasteiger partial charge in [-0.3, -0.25) is 15.5 Å². The van der Waals surface area contributed by atoms with Crippen LogP contribution in [-0.2, 0) is 0 Å². The average Bonchev–Trinajstić information content (AvgIpc) is 3.05. The highest BCUT2D eigenvalue weighted by Gasteiger charge is 2.16. The van der Waals surface area contributed by atoms with Gasteiger partial charge in [0.25, 0.3) is 5.69 Å². The van der Waals surface area contributed by atoms with Gasteiger partial charge in [0.2, 0.25) is 0 Å². The number of nitro benzene ring substituents is 1. The number of anilines is 1. The molecule has 1 heterocycles. The van der Waals surface area contributed by atoms with Gasteiger partial charge in [0.15, 0.2) is 0 Å². The summed E-state index contributed by atoms with van der Waals surface area (Å²) < 4.78 is 6.60. The Morgan fingerprint density at radius 3 is 2.58 bits per heavy atom. The molecule has 0 unspecified atom stereocenters. The van der Waals surface area contributed by atoms with Crippen molar-refractivity contribution in [1.29, 1.82) is 0 Å². The van der Waals surface area contributed by atoms with Gasteiger partial charge in [-0.25, -0.2) is 0 Å². The van der Waals surface area contributed by atoms with E-state index in [4.69, 9.17) is 4.42 Å². The van der Waals surface area contributed by atoms with Gasteiger partial charge in [-0.2, -0.15) is 5.10 Å². The summed E-state index contributed by atoms with van der Waals surface area (Å²) in [5.74, 6) is 0.917. The number of nitrogens with one attached hydrogen (secondary N) is 1. The molecule has 1 N–H and O–H groups in total. The Labute approximate surface area is 146 Å². The summed E-state index contributed by atoms with van der Waals surface area (Å²) in [4.78, 5) is 10.6. The van der Waals surface area contributed by atoms with Gasteiger partial charge < -0.3 is 4.42 Å². The van der Waals surface area contributed by atoms with Crippen LogP contribution in [0.1, 0.15) is 5.76 Å². The van der Waals surface area contributed by atoms with Crippen molar-refractivity contribution in [2.45, 2.75) is 0 Å². The molecule has 2 aromatic carbocycles. The number of hydrogen-bond donors (Lipinski definition) is 1. The third-order valence-corrected chi connectivity index (χ3v) is 3.75. The molecule has 0 aliphatic carbocycles. The van der Waals surface area contributed by atoms with Crippen molar-refractivity contribution in [1.82, 2.24) is 0 Å². The fourth-order valence-corrected chi connectivity index (χ4v) is 2.37. The van der Waals surface area contributed by atoms with Crippen LogP contribution in [0.25, 0.3) is 11.3 Å². The van der Waals surface area contributed by atoms with E-state index >= 15 is 0 Å². The highest BCUT2D eigenvalue weighted by Crippen LogP contribution is 2.30. The van der Waals surface area contributed by atoms with Crippen LogP contribution in [0.2, 0.25) is 0 Å². The second kappa shape index (κ2) is 7.10. The lowest BCUT2D eigenvalue weighted by molar-refractivity contribution is -0.384. The fourth-order valence-electron chi connectivity index (χ4n) is 2.10. The first-order valence-electron chi connectivity index (χ1n) is 7.02. The Hall–Kier alpha value is -2.93. The van der Waals surface area contributed by atoms with Crippen LogP contribution in [-0.4, -0.2) is 11.1 Å². The zero-order chi connectivity index (χ0) is 16.9. The molecule has 0 aliphatic rings. The predicted molar refractivity (Wildman–Crippen MR) is 96.2 cm³/mol. The molecule has 0 amide bonds. The van der Waals surface area contributed by atoms with Gasteiger partial charge in [-0.15, -0.1) is 0 Å². The molecule has 0 radical (unpaired) electrons. The fraction of sp³-hybridized carbons (Fsp3) is 0. The van der Waals surface area contributed by atoms with Gasteiger partial charge in [0, 0.05) is 10.5 Å². The first-order valence-corrected chi connectivity index (χ1v) is 7.81. The molecule has 6 nitrogen and oxygen atoms in total. The van der Waals surface area contributed by atoms with Crippen molar-refractivity contribution in [2.75, 3.05) is 5.43 Å². The van der Waals surface area contributed by atoms with E-state index in [1.807, 2.05) is 24.3 Å². The van der Waals surface area contributed by atoms with E-state index in [1.165, 1.54) is 12.3 Å². The van der Waals surface area contributed by atoms with E-state index in [0.717, 1.165) is 10.2 Å². The summed E-state index contributed by atoms with van der Waals surface area (Å²) >= 11 is 3.36. The maximum absolute atomic E-state index is 11.1. The highest BCUT2D eigenvalue weighted by atomic mass is 79.9. The smallest absolute Gasteiger partial charge is 0.280 e. The maximum Gasteiger partial charge on any atom is 0.280 e. The summed E-state index contributed by atoms with van der Waals surface area (Å²) in [7, 11) is 0. The Kier molecular flexibility index (Phi) is 4.72. The lowest BCUT2D eigenvalue weighted by Gasteiger charge is -1.99. The maximum atomic E-state index is 11.1. The van der Waals surface area contributed by atoms with Crippen molar-refractivity contribution in [2.24, 2.45) is 5.10 Å². The van der Waals surface area contributed by atoms with E-state index in [9.17, 15) is 10.1 Å². The minimum atomic E-state index is -0.430. The number of halogens is 1. The quantitative estimate of drug-likeness (QED) is 0.377. The molecule has 7 heteroatoms. The molecule has 24 heavy (non-hydrogen) atoms. The first-order chi connectivity index (χ1) is 11.6. The zero-order valence-corrected chi connectivity index (χ0v) is 13.9. The lowest BCUT2D eigenvalue weighted by Crippen LogP contribution is -1.90. The second-order valence-corrected chi connectivity index (χ2v) is 5.77. The SMILES string of the molecule is O=[N+]([O-])c1ccccc1-c1ccc(C=NNc2ccc(Br)cc2)o1. The molecule has 120 valence electrons. The molecule has 0 saturated carbocycles. The number of furan rings is 1. The molecule has 3 rings (SSSR count). The Morgan fingerprint density at radius 1 is 1.08 bits per heavy atom. The normalized spacial score (nSPS) is 10.9. The Bertz CT molecular complexity index is 888. The molecular formula is C17H12BrN3O3. The van der Waals surface area contributed by atoms with E-state index in [1.54, 1.807) is 30.3 Å². The van der Waals surface area contributed by atoms with Gasteiger partial charge in [-0.1, -0.05) is 28.1 Å². The van der Waals surface area contributed by atoms with Gasteiger partial charge >= 0.3 is 0 Å². The Morgan fingerprint density at radius 2 is 1.83 bits per heavy atom. The van der Waals surface area contributed by atoms with Crippen LogP contribution in [0.15, 0.2) is 74.7 Å². The lowest BCUT2D eigenvalue weighted by atomic mass is 10.1. The average molecular weight is 386 g/mol. The van der Waals surface area contributed by atoms with Crippen LogP contribution in [0.3, 0.4) is 0 Å². The molecule has 0 atom stereocenters. The number of hydrogen-bond acceptors (Lipinski definition) is 5. The van der Waals surface area contributed by atoms with Crippen molar-refractivity contribution < 1.29 is 9.34 Å². The number of nitro groups is 1. The summed E-state index contributed by atoms with van der Waals surface area (Å²) in [6.07, 6.45) is 1.51. The van der Waals surface area contributed by atoms with Gasteiger partial charge in [-0.05, 0) is 42.5 Å². The van der Waals surface area contributed by atoms with Crippen molar-refractivity contribution in [3.05, 3.63) is 81.0 Å². The summed E-state index contributed by atoms with van der Waals surface area (Å²) in [5.41, 5.74) is 4.15. The van der Waals surface area contributed by atoms with Gasteiger partial charge in [0.05, 0.1) is 22.4 Å². The summed E-state index contributed by atoms with van der Waals surface area (Å²) in [5, 5.41) is 15.2. The standard InChI is InChI=1S/C17H12BrN3O3/c18-12-5-7-13(8-6-12)20-19-11-14-9-10-17(24-14)15-3-1-2-4-16(15)21(22)23/h1-11,20H. The Balaban J connectivity index is 1.75. The van der Waals surface area contributed by atoms with E-state index in [-0.39, 0.29) is 5.69 Å². The number of rotatable bonds is 5. The van der Waals surface area contributed by atoms with Crippen LogP contribution in [0.4, 0.5) is 11.4 Å². The number of benzene rings is 2. The third-order valence-electron chi connectivity index (χ3n) is 3.22. The first kappa shape index (κ1) is 15.9. The van der Waals surface area contributed by atoms with Crippen LogP contribution in [0.5, 0.6) is 0 Å². The molecule has 0 fully saturated rings. The van der Waals surface area contributed by atoms with E-state index in [0.29, 0.717) is 17.1 Å². The molecular weight excluding hydrogens is 374 g/mol. The largest absolute Gasteiger partial charge is 0.455 e. The molecule has 0 bridgehead atoms. The van der Waals surface area contributed by atoms with Crippen molar-refractivity contribution >= 4 is 33.5 Å². The van der Waals surface area contributed by atoms with Crippen molar-refractivity contribution in [3.8, 4) is 11.3 Å². The molecule has 3 aromatic rings. The van der Waals surface area contributed by atoms with E-state index in [2.05, 4.69) is 26.5 Å². The monoisotopic (exact) mass is 385 g/mol. The molecule has 0 saturated heterocycles. The highest BCUT2D eigenvalue weighted by molar-refractivity contribution is 9.10. The van der Waals surface area contributed by atoms with Gasteiger partial charge in [0.1, 0.15) is 11.5 Å². The third kappa shape index (κ3) is 3.69. The van der Waals surface area contributed by atoms with Crippen LogP contribution >= 0.6 is 15.9 Å². The number of nitrogens with zero attached hydrogens (tertiary/aromatic N) is 2. The summed E-state index contributed by atoms with van der Waals surface area (Å²) in [6.45, 7) is 0. The summed E-state index contributed by atoms with van der Waals surface area (Å²) in [6, 6.07) is 17.4. The predicted octanol–water partition coefficient (Wildman–Crippen LogP) is 5.06. The van der Waals surface area contributed by atoms with Crippen LogP contribution in [0, 0.1) is 10.1 Å². The molecule has 0 spiro atoms. The number of para-hydroxylation sites is 1. The zero-order valence-electron chi connectivity index (χ0n) is 12.3. The second-order valence-electron chi connectivity index (χ2n) is 4.85. The molecule has 0 aliphatic heterocycles. The van der Waals surface area contributed by atoms with Crippen LogP contribution < -0.4 is 5.43 Å². The minimum Gasteiger partial charge on any atom is -0.455 e.